The van der Waals surface area contributed by atoms with E-state index < -0.39 is 17.2 Å². The summed E-state index contributed by atoms with van der Waals surface area (Å²) in [4.78, 5) is 13.4. The Morgan fingerprint density at radius 3 is 2.70 bits per heavy atom. The molecule has 0 saturated carbocycles. The van der Waals surface area contributed by atoms with Crippen molar-refractivity contribution in [2.45, 2.75) is 18.4 Å². The third-order valence-corrected chi connectivity index (χ3v) is 3.96. The molecule has 2 saturated heterocycles. The Kier molecular flexibility index (Phi) is 3.43. The molecule has 2 aliphatic heterocycles. The third-order valence-electron chi connectivity index (χ3n) is 3.96. The van der Waals surface area contributed by atoms with Crippen molar-refractivity contribution in [3.8, 4) is 0 Å². The van der Waals surface area contributed by atoms with Crippen LogP contribution in [-0.4, -0.2) is 37.7 Å². The van der Waals surface area contributed by atoms with E-state index in [1.807, 2.05) is 0 Å². The summed E-state index contributed by atoms with van der Waals surface area (Å²) in [5, 5.41) is 3.23. The number of carbonyl (C=O) groups is 1. The molecule has 0 aliphatic carbocycles. The Labute approximate surface area is 115 Å². The van der Waals surface area contributed by atoms with E-state index in [0.29, 0.717) is 6.54 Å². The molecule has 1 aromatic carbocycles. The highest BCUT2D eigenvalue weighted by Crippen LogP contribution is 2.32. The monoisotopic (exact) mass is 282 g/mol. The molecule has 0 bridgehead atoms. The van der Waals surface area contributed by atoms with Gasteiger partial charge in [0.25, 0.3) is 5.91 Å². The Balaban J connectivity index is 1.88. The Hall–Kier alpha value is -1.53. The van der Waals surface area contributed by atoms with E-state index in [4.69, 9.17) is 4.74 Å². The van der Waals surface area contributed by atoms with Crippen LogP contribution < -0.4 is 10.2 Å². The van der Waals surface area contributed by atoms with Crippen LogP contribution in [0, 0.1) is 11.6 Å². The first kappa shape index (κ1) is 13.5. The lowest BCUT2D eigenvalue weighted by Gasteiger charge is -2.44. The summed E-state index contributed by atoms with van der Waals surface area (Å²) in [6.45, 7) is 1.88. The normalized spacial score (nSPS) is 22.3. The quantitative estimate of drug-likeness (QED) is 0.847. The van der Waals surface area contributed by atoms with Crippen LogP contribution in [0.4, 0.5) is 14.5 Å². The first-order valence-electron chi connectivity index (χ1n) is 6.70. The number of nitrogens with zero attached hydrogens (tertiary/aromatic N) is 1. The number of piperidine rings is 1. The van der Waals surface area contributed by atoms with Crippen molar-refractivity contribution in [1.29, 1.82) is 0 Å². The number of hydrogen-bond donors (Lipinski definition) is 1. The Morgan fingerprint density at radius 1 is 1.25 bits per heavy atom. The molecule has 4 nitrogen and oxygen atoms in total. The third kappa shape index (κ3) is 2.41. The maximum absolute atomic E-state index is 13.9. The molecule has 108 valence electrons. The second kappa shape index (κ2) is 5.10. The predicted molar refractivity (Wildman–Crippen MR) is 69.5 cm³/mol. The summed E-state index contributed by atoms with van der Waals surface area (Å²) in [5.41, 5.74) is -0.294. The fourth-order valence-electron chi connectivity index (χ4n) is 2.82. The Bertz CT molecular complexity index is 530. The van der Waals surface area contributed by atoms with Crippen molar-refractivity contribution in [2.24, 2.45) is 0 Å². The van der Waals surface area contributed by atoms with Gasteiger partial charge in [-0.2, -0.15) is 0 Å². The number of ether oxygens (including phenoxy) is 1. The molecule has 2 aliphatic rings. The average molecular weight is 282 g/mol. The maximum Gasteiger partial charge on any atom is 0.253 e. The van der Waals surface area contributed by atoms with Crippen molar-refractivity contribution in [3.63, 3.8) is 0 Å². The SMILES string of the molecule is O=C1COC2(CCNCC2)CN1c1ccc(F)cc1F. The lowest BCUT2D eigenvalue weighted by atomic mass is 9.90. The summed E-state index contributed by atoms with van der Waals surface area (Å²) in [6.07, 6.45) is 1.55. The van der Waals surface area contributed by atoms with Crippen LogP contribution in [0.1, 0.15) is 12.8 Å². The molecule has 1 N–H and O–H groups in total. The molecular formula is C14H16F2N2O2. The molecule has 2 heterocycles. The van der Waals surface area contributed by atoms with Gasteiger partial charge in [0.1, 0.15) is 18.2 Å². The first-order chi connectivity index (χ1) is 9.60. The van der Waals surface area contributed by atoms with Crippen molar-refractivity contribution in [2.75, 3.05) is 31.1 Å². The van der Waals surface area contributed by atoms with Crippen LogP contribution in [0.15, 0.2) is 18.2 Å². The molecule has 1 amide bonds. The molecule has 0 atom stereocenters. The Morgan fingerprint density at radius 2 is 2.00 bits per heavy atom. The highest BCUT2D eigenvalue weighted by molar-refractivity contribution is 5.95. The fraction of sp³-hybridized carbons (Fsp3) is 0.500. The van der Waals surface area contributed by atoms with Gasteiger partial charge < -0.3 is 15.0 Å². The smallest absolute Gasteiger partial charge is 0.253 e. The number of hydrogen-bond acceptors (Lipinski definition) is 3. The van der Waals surface area contributed by atoms with E-state index in [0.717, 1.165) is 38.1 Å². The highest BCUT2D eigenvalue weighted by Gasteiger charge is 2.41. The molecule has 0 aromatic heterocycles. The lowest BCUT2D eigenvalue weighted by Crippen LogP contribution is -2.58. The van der Waals surface area contributed by atoms with Crippen LogP contribution in [-0.2, 0) is 9.53 Å². The van der Waals surface area contributed by atoms with Gasteiger partial charge >= 0.3 is 0 Å². The van der Waals surface area contributed by atoms with E-state index in [-0.39, 0.29) is 18.2 Å². The topological polar surface area (TPSA) is 41.6 Å². The summed E-state index contributed by atoms with van der Waals surface area (Å²) in [5.74, 6) is -1.66. The van der Waals surface area contributed by atoms with Gasteiger partial charge in [0, 0.05) is 6.07 Å². The van der Waals surface area contributed by atoms with Crippen LogP contribution in [0.5, 0.6) is 0 Å². The van der Waals surface area contributed by atoms with Gasteiger partial charge in [0.15, 0.2) is 0 Å². The second-order valence-corrected chi connectivity index (χ2v) is 5.30. The zero-order chi connectivity index (χ0) is 14.2. The van der Waals surface area contributed by atoms with Gasteiger partial charge in [-0.1, -0.05) is 0 Å². The summed E-state index contributed by atoms with van der Waals surface area (Å²) in [6, 6.07) is 3.27. The van der Waals surface area contributed by atoms with Crippen molar-refractivity contribution in [3.05, 3.63) is 29.8 Å². The van der Waals surface area contributed by atoms with Gasteiger partial charge in [-0.15, -0.1) is 0 Å². The molecule has 2 fully saturated rings. The van der Waals surface area contributed by atoms with Crippen LogP contribution >= 0.6 is 0 Å². The molecular weight excluding hydrogens is 266 g/mol. The van der Waals surface area contributed by atoms with E-state index >= 15 is 0 Å². The molecule has 6 heteroatoms. The van der Waals surface area contributed by atoms with Crippen molar-refractivity contribution < 1.29 is 18.3 Å². The number of morpholine rings is 1. The van der Waals surface area contributed by atoms with Gasteiger partial charge in [-0.3, -0.25) is 4.79 Å². The first-order valence-corrected chi connectivity index (χ1v) is 6.70. The van der Waals surface area contributed by atoms with Gasteiger partial charge in [-0.05, 0) is 38.1 Å². The highest BCUT2D eigenvalue weighted by atomic mass is 19.1. The number of benzene rings is 1. The number of carbonyl (C=O) groups excluding carboxylic acids is 1. The largest absolute Gasteiger partial charge is 0.363 e. The van der Waals surface area contributed by atoms with E-state index in [1.54, 1.807) is 0 Å². The fourth-order valence-corrected chi connectivity index (χ4v) is 2.82. The molecule has 20 heavy (non-hydrogen) atoms. The predicted octanol–water partition coefficient (Wildman–Crippen LogP) is 1.45. The molecule has 0 radical (unpaired) electrons. The second-order valence-electron chi connectivity index (χ2n) is 5.30. The number of anilines is 1. The number of nitrogens with one attached hydrogen (secondary N) is 1. The molecule has 0 unspecified atom stereocenters. The van der Waals surface area contributed by atoms with E-state index in [2.05, 4.69) is 5.32 Å². The molecule has 1 spiro atoms. The summed E-state index contributed by atoms with van der Waals surface area (Å²) < 4.78 is 32.6. The van der Waals surface area contributed by atoms with Gasteiger partial charge in [0.05, 0.1) is 17.8 Å². The summed E-state index contributed by atoms with van der Waals surface area (Å²) >= 11 is 0. The van der Waals surface area contributed by atoms with Gasteiger partial charge in [-0.25, -0.2) is 8.78 Å². The minimum absolute atomic E-state index is 0.0587. The number of rotatable bonds is 1. The summed E-state index contributed by atoms with van der Waals surface area (Å²) in [7, 11) is 0. The zero-order valence-electron chi connectivity index (χ0n) is 11.0. The maximum atomic E-state index is 13.9. The molecule has 3 rings (SSSR count). The minimum atomic E-state index is -0.718. The number of halogens is 2. The van der Waals surface area contributed by atoms with Crippen LogP contribution in [0.3, 0.4) is 0 Å². The van der Waals surface area contributed by atoms with E-state index in [1.165, 1.54) is 11.0 Å². The minimum Gasteiger partial charge on any atom is -0.363 e. The average Bonchev–Trinajstić information content (AvgIpc) is 2.43. The van der Waals surface area contributed by atoms with Gasteiger partial charge in [0.2, 0.25) is 0 Å². The standard InChI is InChI=1S/C14H16F2N2O2/c15-10-1-2-12(11(16)7-10)18-9-14(20-8-13(18)19)3-5-17-6-4-14/h1-2,7,17H,3-6,8-9H2. The molecule has 1 aromatic rings. The van der Waals surface area contributed by atoms with Crippen molar-refractivity contribution in [1.82, 2.24) is 5.32 Å². The van der Waals surface area contributed by atoms with Crippen molar-refractivity contribution >= 4 is 11.6 Å². The van der Waals surface area contributed by atoms with E-state index in [9.17, 15) is 13.6 Å². The number of amides is 1. The zero-order valence-corrected chi connectivity index (χ0v) is 11.0. The lowest BCUT2D eigenvalue weighted by molar-refractivity contribution is -0.141. The van der Waals surface area contributed by atoms with Crippen LogP contribution in [0.2, 0.25) is 0 Å². The van der Waals surface area contributed by atoms with Crippen LogP contribution in [0.25, 0.3) is 0 Å².